The summed E-state index contributed by atoms with van der Waals surface area (Å²) >= 11 is 0. The fraction of sp³-hybridized carbons (Fsp3) is 0.692. The molecule has 3 heteroatoms. The third kappa shape index (κ3) is 3.35. The summed E-state index contributed by atoms with van der Waals surface area (Å²) in [7, 11) is 0. The third-order valence-electron chi connectivity index (χ3n) is 3.21. The van der Waals surface area contributed by atoms with Crippen molar-refractivity contribution in [1.82, 2.24) is 5.32 Å². The Morgan fingerprint density at radius 3 is 3.19 bits per heavy atom. The zero-order valence-corrected chi connectivity index (χ0v) is 9.95. The van der Waals surface area contributed by atoms with Gasteiger partial charge in [0.1, 0.15) is 5.76 Å². The maximum atomic E-state index is 5.65. The van der Waals surface area contributed by atoms with Gasteiger partial charge in [0.2, 0.25) is 0 Å². The first-order valence-electron chi connectivity index (χ1n) is 6.26. The van der Waals surface area contributed by atoms with Gasteiger partial charge in [-0.1, -0.05) is 6.92 Å². The van der Waals surface area contributed by atoms with Crippen LogP contribution in [0.2, 0.25) is 0 Å². The number of hydrogen-bond acceptors (Lipinski definition) is 3. The molecule has 0 saturated carbocycles. The average Bonchev–Trinajstić information content (AvgIpc) is 2.82. The molecule has 3 nitrogen and oxygen atoms in total. The minimum absolute atomic E-state index is 0.454. The van der Waals surface area contributed by atoms with Crippen molar-refractivity contribution in [3.8, 4) is 0 Å². The molecule has 2 rings (SSSR count). The van der Waals surface area contributed by atoms with Crippen LogP contribution >= 0.6 is 0 Å². The number of furan rings is 1. The van der Waals surface area contributed by atoms with Crippen LogP contribution in [-0.2, 0) is 11.2 Å². The Morgan fingerprint density at radius 1 is 1.50 bits per heavy atom. The van der Waals surface area contributed by atoms with E-state index in [0.717, 1.165) is 44.6 Å². The maximum absolute atomic E-state index is 5.65. The van der Waals surface area contributed by atoms with E-state index in [1.165, 1.54) is 0 Å². The minimum atomic E-state index is 0.454. The lowest BCUT2D eigenvalue weighted by atomic mass is 10.0. The summed E-state index contributed by atoms with van der Waals surface area (Å²) in [6.07, 6.45) is 6.56. The Kier molecular flexibility index (Phi) is 4.43. The lowest BCUT2D eigenvalue weighted by molar-refractivity contribution is 0.0000745. The molecule has 16 heavy (non-hydrogen) atoms. The van der Waals surface area contributed by atoms with E-state index in [1.807, 2.05) is 12.1 Å². The van der Waals surface area contributed by atoms with Crippen molar-refractivity contribution in [2.75, 3.05) is 13.2 Å². The highest BCUT2D eigenvalue weighted by Crippen LogP contribution is 2.16. The van der Waals surface area contributed by atoms with Crippen LogP contribution in [0.5, 0.6) is 0 Å². The van der Waals surface area contributed by atoms with Crippen molar-refractivity contribution in [3.05, 3.63) is 24.2 Å². The van der Waals surface area contributed by atoms with E-state index in [2.05, 4.69) is 12.2 Å². The SMILES string of the molecule is CCC1CC(NCCc2ccco2)CCO1. The number of hydrogen-bond donors (Lipinski definition) is 1. The Morgan fingerprint density at radius 2 is 2.44 bits per heavy atom. The summed E-state index contributed by atoms with van der Waals surface area (Å²) in [4.78, 5) is 0. The summed E-state index contributed by atoms with van der Waals surface area (Å²) in [5, 5.41) is 3.58. The molecular weight excluding hydrogens is 202 g/mol. The largest absolute Gasteiger partial charge is 0.469 e. The quantitative estimate of drug-likeness (QED) is 0.832. The van der Waals surface area contributed by atoms with Gasteiger partial charge >= 0.3 is 0 Å². The van der Waals surface area contributed by atoms with E-state index in [0.29, 0.717) is 12.1 Å². The fourth-order valence-electron chi connectivity index (χ4n) is 2.20. The molecule has 0 amide bonds. The minimum Gasteiger partial charge on any atom is -0.469 e. The van der Waals surface area contributed by atoms with Crippen molar-refractivity contribution in [3.63, 3.8) is 0 Å². The van der Waals surface area contributed by atoms with E-state index >= 15 is 0 Å². The Hall–Kier alpha value is -0.800. The lowest BCUT2D eigenvalue weighted by Gasteiger charge is -2.29. The molecule has 0 radical (unpaired) electrons. The Balaban J connectivity index is 1.65. The van der Waals surface area contributed by atoms with E-state index in [1.54, 1.807) is 6.26 Å². The molecule has 1 aliphatic heterocycles. The zero-order chi connectivity index (χ0) is 11.2. The van der Waals surface area contributed by atoms with Gasteiger partial charge in [-0.2, -0.15) is 0 Å². The Labute approximate surface area is 97.2 Å². The second-order valence-electron chi connectivity index (χ2n) is 4.41. The van der Waals surface area contributed by atoms with Crippen LogP contribution in [0, 0.1) is 0 Å². The molecule has 2 atom stereocenters. The predicted octanol–water partition coefficient (Wildman–Crippen LogP) is 2.37. The predicted molar refractivity (Wildman–Crippen MR) is 63.5 cm³/mol. The summed E-state index contributed by atoms with van der Waals surface area (Å²) in [5.41, 5.74) is 0. The molecule has 1 saturated heterocycles. The summed E-state index contributed by atoms with van der Waals surface area (Å²) < 4.78 is 11.0. The molecule has 90 valence electrons. The van der Waals surface area contributed by atoms with Crippen molar-refractivity contribution >= 4 is 0 Å². The zero-order valence-electron chi connectivity index (χ0n) is 9.95. The standard InChI is InChI=1S/C13H21NO2/c1-2-12-10-11(6-9-16-12)14-7-5-13-4-3-8-15-13/h3-4,8,11-12,14H,2,5-7,9-10H2,1H3. The van der Waals surface area contributed by atoms with Crippen LogP contribution in [0.4, 0.5) is 0 Å². The van der Waals surface area contributed by atoms with Gasteiger partial charge < -0.3 is 14.5 Å². The van der Waals surface area contributed by atoms with Crippen LogP contribution in [0.15, 0.2) is 22.8 Å². The van der Waals surface area contributed by atoms with Gasteiger partial charge in [-0.25, -0.2) is 0 Å². The first-order chi connectivity index (χ1) is 7.88. The molecular formula is C13H21NO2. The van der Waals surface area contributed by atoms with Gasteiger partial charge in [-0.3, -0.25) is 0 Å². The monoisotopic (exact) mass is 223 g/mol. The fourth-order valence-corrected chi connectivity index (χ4v) is 2.20. The highest BCUT2D eigenvalue weighted by molar-refractivity contribution is 4.98. The molecule has 1 fully saturated rings. The first kappa shape index (κ1) is 11.7. The van der Waals surface area contributed by atoms with Gasteiger partial charge in [0.05, 0.1) is 12.4 Å². The van der Waals surface area contributed by atoms with Crippen LogP contribution in [-0.4, -0.2) is 25.3 Å². The second-order valence-corrected chi connectivity index (χ2v) is 4.41. The smallest absolute Gasteiger partial charge is 0.105 e. The van der Waals surface area contributed by atoms with Gasteiger partial charge in [-0.15, -0.1) is 0 Å². The highest BCUT2D eigenvalue weighted by Gasteiger charge is 2.20. The van der Waals surface area contributed by atoms with Crippen molar-refractivity contribution < 1.29 is 9.15 Å². The van der Waals surface area contributed by atoms with E-state index < -0.39 is 0 Å². The van der Waals surface area contributed by atoms with Crippen LogP contribution in [0.1, 0.15) is 31.9 Å². The first-order valence-corrected chi connectivity index (χ1v) is 6.26. The van der Waals surface area contributed by atoms with Crippen molar-refractivity contribution in [1.29, 1.82) is 0 Å². The summed E-state index contributed by atoms with van der Waals surface area (Å²) in [6, 6.07) is 4.59. The van der Waals surface area contributed by atoms with Gasteiger partial charge in [0, 0.05) is 25.6 Å². The molecule has 1 aromatic heterocycles. The molecule has 1 N–H and O–H groups in total. The third-order valence-corrected chi connectivity index (χ3v) is 3.21. The number of nitrogens with one attached hydrogen (secondary N) is 1. The van der Waals surface area contributed by atoms with Crippen LogP contribution in [0.25, 0.3) is 0 Å². The molecule has 0 aliphatic carbocycles. The average molecular weight is 223 g/mol. The number of rotatable bonds is 5. The van der Waals surface area contributed by atoms with Gasteiger partial charge in [0.25, 0.3) is 0 Å². The molecule has 1 aliphatic rings. The molecule has 0 bridgehead atoms. The second kappa shape index (κ2) is 6.06. The topological polar surface area (TPSA) is 34.4 Å². The number of ether oxygens (including phenoxy) is 1. The molecule has 2 unspecified atom stereocenters. The normalized spacial score (nSPS) is 25.8. The molecule has 1 aromatic rings. The highest BCUT2D eigenvalue weighted by atomic mass is 16.5. The van der Waals surface area contributed by atoms with E-state index in [-0.39, 0.29) is 0 Å². The Bertz CT molecular complexity index is 284. The lowest BCUT2D eigenvalue weighted by Crippen LogP contribution is -2.39. The van der Waals surface area contributed by atoms with Crippen molar-refractivity contribution in [2.45, 2.75) is 44.8 Å². The molecule has 0 aromatic carbocycles. The maximum Gasteiger partial charge on any atom is 0.105 e. The van der Waals surface area contributed by atoms with E-state index in [9.17, 15) is 0 Å². The summed E-state index contributed by atoms with van der Waals surface area (Å²) in [6.45, 7) is 4.08. The van der Waals surface area contributed by atoms with Gasteiger partial charge in [0.15, 0.2) is 0 Å². The molecule has 0 spiro atoms. The van der Waals surface area contributed by atoms with Crippen LogP contribution in [0.3, 0.4) is 0 Å². The van der Waals surface area contributed by atoms with E-state index in [4.69, 9.17) is 9.15 Å². The van der Waals surface area contributed by atoms with Crippen molar-refractivity contribution in [2.24, 2.45) is 0 Å². The van der Waals surface area contributed by atoms with Gasteiger partial charge in [-0.05, 0) is 31.4 Å². The summed E-state index contributed by atoms with van der Waals surface area (Å²) in [5.74, 6) is 1.06. The van der Waals surface area contributed by atoms with Crippen LogP contribution < -0.4 is 5.32 Å². The molecule has 2 heterocycles.